The topological polar surface area (TPSA) is 94.0 Å². The van der Waals surface area contributed by atoms with Gasteiger partial charge in [0.1, 0.15) is 5.82 Å². The van der Waals surface area contributed by atoms with Gasteiger partial charge in [-0.25, -0.2) is 12.8 Å². The number of nitrogens with one attached hydrogen (secondary N) is 1. The van der Waals surface area contributed by atoms with Crippen molar-refractivity contribution in [2.24, 2.45) is 7.05 Å². The van der Waals surface area contributed by atoms with Crippen LogP contribution in [0, 0.1) is 5.82 Å². The summed E-state index contributed by atoms with van der Waals surface area (Å²) < 4.78 is 38.3. The van der Waals surface area contributed by atoms with Crippen molar-refractivity contribution in [2.45, 2.75) is 17.6 Å². The lowest BCUT2D eigenvalue weighted by molar-refractivity contribution is -0.119. The van der Waals surface area contributed by atoms with Gasteiger partial charge in [0.15, 0.2) is 20.8 Å². The zero-order valence-corrected chi connectivity index (χ0v) is 15.1. The average molecular weight is 384 g/mol. The van der Waals surface area contributed by atoms with Crippen molar-refractivity contribution in [1.82, 2.24) is 20.1 Å². The fourth-order valence-electron chi connectivity index (χ4n) is 2.63. The second kappa shape index (κ2) is 7.12. The first-order valence-corrected chi connectivity index (χ1v) is 10.4. The van der Waals surface area contributed by atoms with E-state index in [0.29, 0.717) is 23.0 Å². The normalized spacial score (nSPS) is 19.0. The summed E-state index contributed by atoms with van der Waals surface area (Å²) in [4.78, 5) is 12.0. The zero-order chi connectivity index (χ0) is 18.0. The molecule has 0 bridgehead atoms. The summed E-state index contributed by atoms with van der Waals surface area (Å²) in [6.07, 6.45) is 0.445. The summed E-state index contributed by atoms with van der Waals surface area (Å²) in [5.74, 6) is -0.0921. The van der Waals surface area contributed by atoms with Crippen LogP contribution in [0.4, 0.5) is 4.39 Å². The zero-order valence-electron chi connectivity index (χ0n) is 13.5. The molecule has 134 valence electrons. The van der Waals surface area contributed by atoms with Crippen LogP contribution in [0.1, 0.15) is 6.42 Å². The lowest BCUT2D eigenvalue weighted by Gasteiger charge is -2.10. The summed E-state index contributed by atoms with van der Waals surface area (Å²) in [7, 11) is -1.33. The molecule has 1 aromatic heterocycles. The van der Waals surface area contributed by atoms with E-state index >= 15 is 0 Å². The van der Waals surface area contributed by atoms with Crippen molar-refractivity contribution in [3.63, 3.8) is 0 Å². The molecule has 1 N–H and O–H groups in total. The second-order valence-corrected chi connectivity index (χ2v) is 8.97. The first-order chi connectivity index (χ1) is 11.9. The standard InChI is InChI=1S/C15H17FN4O3S2/c1-20-14(11-4-2-3-5-12(11)16)18-19-15(20)24-8-13(21)17-10-6-7-25(22,23)9-10/h2-5,10H,6-9H2,1H3,(H,17,21)/t10-/m1/s1. The van der Waals surface area contributed by atoms with Crippen LogP contribution in [-0.2, 0) is 21.7 Å². The molecule has 3 rings (SSSR count). The number of carbonyl (C=O) groups excluding carboxylic acids is 1. The summed E-state index contributed by atoms with van der Waals surface area (Å²) in [6, 6.07) is 5.94. The van der Waals surface area contributed by atoms with Gasteiger partial charge in [0.25, 0.3) is 0 Å². The Morgan fingerprint density at radius 3 is 2.84 bits per heavy atom. The van der Waals surface area contributed by atoms with E-state index in [2.05, 4.69) is 15.5 Å². The Hall–Kier alpha value is -1.94. The molecule has 0 spiro atoms. The summed E-state index contributed by atoms with van der Waals surface area (Å²) in [5.41, 5.74) is 0.338. The molecular weight excluding hydrogens is 367 g/mol. The quantitative estimate of drug-likeness (QED) is 0.774. The highest BCUT2D eigenvalue weighted by Crippen LogP contribution is 2.24. The van der Waals surface area contributed by atoms with Gasteiger partial charge in [0.2, 0.25) is 5.91 Å². The molecule has 0 aliphatic carbocycles. The molecule has 25 heavy (non-hydrogen) atoms. The molecule has 2 heterocycles. The summed E-state index contributed by atoms with van der Waals surface area (Å²) in [6.45, 7) is 0. The van der Waals surface area contributed by atoms with Crippen LogP contribution >= 0.6 is 11.8 Å². The molecule has 7 nitrogen and oxygen atoms in total. The Kier molecular flexibility index (Phi) is 5.09. The number of hydrogen-bond acceptors (Lipinski definition) is 6. The van der Waals surface area contributed by atoms with Crippen LogP contribution in [0.15, 0.2) is 29.4 Å². The van der Waals surface area contributed by atoms with E-state index in [9.17, 15) is 17.6 Å². The smallest absolute Gasteiger partial charge is 0.230 e. The molecule has 0 unspecified atom stereocenters. The number of rotatable bonds is 5. The molecule has 10 heteroatoms. The molecule has 0 radical (unpaired) electrons. The van der Waals surface area contributed by atoms with E-state index in [1.165, 1.54) is 17.8 Å². The van der Waals surface area contributed by atoms with Crippen LogP contribution in [0.3, 0.4) is 0 Å². The van der Waals surface area contributed by atoms with E-state index in [4.69, 9.17) is 0 Å². The molecule has 1 fully saturated rings. The van der Waals surface area contributed by atoms with E-state index < -0.39 is 15.7 Å². The van der Waals surface area contributed by atoms with E-state index in [0.717, 1.165) is 0 Å². The lowest BCUT2D eigenvalue weighted by atomic mass is 10.2. The van der Waals surface area contributed by atoms with Gasteiger partial charge >= 0.3 is 0 Å². The molecule has 1 saturated heterocycles. The minimum Gasteiger partial charge on any atom is -0.352 e. The summed E-state index contributed by atoms with van der Waals surface area (Å²) >= 11 is 1.17. The van der Waals surface area contributed by atoms with E-state index in [-0.39, 0.29) is 29.2 Å². The van der Waals surface area contributed by atoms with Crippen molar-refractivity contribution >= 4 is 27.5 Å². The summed E-state index contributed by atoms with van der Waals surface area (Å²) in [5, 5.41) is 11.2. The average Bonchev–Trinajstić information content (AvgIpc) is 3.08. The minimum absolute atomic E-state index is 0.00913. The first kappa shape index (κ1) is 17.9. The predicted octanol–water partition coefficient (Wildman–Crippen LogP) is 1.02. The third-order valence-corrected chi connectivity index (χ3v) is 6.67. The molecule has 0 saturated carbocycles. The number of halogens is 1. The number of sulfone groups is 1. The fourth-order valence-corrected chi connectivity index (χ4v) is 5.02. The molecular formula is C15H17FN4O3S2. The SMILES string of the molecule is Cn1c(SCC(=O)N[C@@H]2CCS(=O)(=O)C2)nnc1-c1ccccc1F. The number of amides is 1. The Labute approximate surface area is 148 Å². The van der Waals surface area contributed by atoms with Crippen molar-refractivity contribution in [3.8, 4) is 11.4 Å². The highest BCUT2D eigenvalue weighted by Gasteiger charge is 2.29. The van der Waals surface area contributed by atoms with Gasteiger partial charge in [-0.2, -0.15) is 0 Å². The first-order valence-electron chi connectivity index (χ1n) is 7.62. The predicted molar refractivity (Wildman–Crippen MR) is 92.3 cm³/mol. The van der Waals surface area contributed by atoms with Gasteiger partial charge in [-0.3, -0.25) is 4.79 Å². The molecule has 1 atom stereocenters. The molecule has 2 aromatic rings. The van der Waals surface area contributed by atoms with Gasteiger partial charge in [-0.15, -0.1) is 10.2 Å². The van der Waals surface area contributed by atoms with Crippen molar-refractivity contribution in [3.05, 3.63) is 30.1 Å². The number of hydrogen-bond donors (Lipinski definition) is 1. The molecule has 1 aliphatic rings. The maximum absolute atomic E-state index is 13.9. The number of aromatic nitrogens is 3. The van der Waals surface area contributed by atoms with E-state index in [1.807, 2.05) is 0 Å². The number of nitrogens with zero attached hydrogens (tertiary/aromatic N) is 3. The maximum atomic E-state index is 13.9. The highest BCUT2D eigenvalue weighted by atomic mass is 32.2. The minimum atomic E-state index is -3.03. The molecule has 1 aliphatic heterocycles. The third-order valence-electron chi connectivity index (χ3n) is 3.88. The third kappa shape index (κ3) is 4.18. The van der Waals surface area contributed by atoms with E-state index in [1.54, 1.807) is 29.8 Å². The van der Waals surface area contributed by atoms with Crippen LogP contribution in [0.5, 0.6) is 0 Å². The monoisotopic (exact) mass is 384 g/mol. The Bertz CT molecular complexity index is 898. The van der Waals surface area contributed by atoms with Gasteiger partial charge in [-0.05, 0) is 18.6 Å². The van der Waals surface area contributed by atoms with Crippen LogP contribution in [0.2, 0.25) is 0 Å². The number of thioether (sulfide) groups is 1. The highest BCUT2D eigenvalue weighted by molar-refractivity contribution is 7.99. The number of carbonyl (C=O) groups is 1. The van der Waals surface area contributed by atoms with Gasteiger partial charge < -0.3 is 9.88 Å². The largest absolute Gasteiger partial charge is 0.352 e. The Balaban J connectivity index is 1.61. The second-order valence-electron chi connectivity index (χ2n) is 5.80. The van der Waals surface area contributed by atoms with Crippen LogP contribution in [-0.4, -0.2) is 52.4 Å². The van der Waals surface area contributed by atoms with Gasteiger partial charge in [-0.1, -0.05) is 23.9 Å². The van der Waals surface area contributed by atoms with Crippen molar-refractivity contribution in [2.75, 3.05) is 17.3 Å². The van der Waals surface area contributed by atoms with Crippen LogP contribution < -0.4 is 5.32 Å². The van der Waals surface area contributed by atoms with Crippen LogP contribution in [0.25, 0.3) is 11.4 Å². The van der Waals surface area contributed by atoms with Crippen molar-refractivity contribution < 1.29 is 17.6 Å². The lowest BCUT2D eigenvalue weighted by Crippen LogP contribution is -2.36. The molecule has 1 aromatic carbocycles. The number of benzene rings is 1. The van der Waals surface area contributed by atoms with Crippen molar-refractivity contribution in [1.29, 1.82) is 0 Å². The fraction of sp³-hybridized carbons (Fsp3) is 0.400. The van der Waals surface area contributed by atoms with Gasteiger partial charge in [0.05, 0.1) is 22.8 Å². The van der Waals surface area contributed by atoms with Gasteiger partial charge in [0, 0.05) is 13.1 Å². The maximum Gasteiger partial charge on any atom is 0.230 e. The Morgan fingerprint density at radius 2 is 2.16 bits per heavy atom. The Morgan fingerprint density at radius 1 is 1.40 bits per heavy atom. The molecule has 1 amide bonds.